The zero-order chi connectivity index (χ0) is 21.1. The van der Waals surface area contributed by atoms with E-state index in [0.29, 0.717) is 6.79 Å². The molecule has 0 aliphatic heterocycles. The van der Waals surface area contributed by atoms with Crippen molar-refractivity contribution < 1.29 is 9.47 Å². The Balaban J connectivity index is 5.15. The number of hydrogen-bond acceptors (Lipinski definition) is 2. The second-order valence-corrected chi connectivity index (χ2v) is 22.2. The van der Waals surface area contributed by atoms with Gasteiger partial charge in [0.1, 0.15) is 0 Å². The molecular weight excluding hydrogens is 451 g/mol. The first-order valence-corrected chi connectivity index (χ1v) is 19.9. The average molecular weight is 503 g/mol. The van der Waals surface area contributed by atoms with Crippen molar-refractivity contribution in [3.8, 4) is 0 Å². The number of rotatable bonds is 21. The van der Waals surface area contributed by atoms with Gasteiger partial charge >= 0.3 is 183 Å². The van der Waals surface area contributed by atoms with Crippen LogP contribution < -0.4 is 0 Å². The van der Waals surface area contributed by atoms with Gasteiger partial charge in [0.15, 0.2) is 0 Å². The maximum atomic E-state index is 6.26. The topological polar surface area (TPSA) is 18.5 Å². The van der Waals surface area contributed by atoms with Crippen LogP contribution in [-0.2, 0) is 9.47 Å². The molecule has 0 radical (unpaired) electrons. The van der Waals surface area contributed by atoms with Crippen molar-refractivity contribution in [2.75, 3.05) is 13.9 Å². The van der Waals surface area contributed by atoms with Crippen molar-refractivity contribution >= 4 is 18.4 Å². The number of ether oxygens (including phenoxy) is 2. The van der Waals surface area contributed by atoms with Crippen LogP contribution in [0.2, 0.25) is 13.3 Å². The molecule has 0 aromatic rings. The van der Waals surface area contributed by atoms with Crippen molar-refractivity contribution in [1.82, 2.24) is 0 Å². The Kier molecular flexibility index (Phi) is 19.7. The molecule has 0 bridgehead atoms. The SMILES string of the molecule is C=[C](C(CCCCCCCC)OCOC)[Sn]([CH2]CCC)([CH2]CCC)[CH2]CCC. The summed E-state index contributed by atoms with van der Waals surface area (Å²) in [5.74, 6) is 0. The van der Waals surface area contributed by atoms with E-state index in [9.17, 15) is 0 Å². The van der Waals surface area contributed by atoms with Crippen molar-refractivity contribution in [2.45, 2.75) is 131 Å². The molecule has 0 saturated heterocycles. The number of unbranched alkanes of at least 4 members (excludes halogenated alkanes) is 8. The second-order valence-electron chi connectivity index (χ2n) is 8.73. The molecule has 3 heteroatoms. The molecule has 0 saturated carbocycles. The Morgan fingerprint density at radius 2 is 1.18 bits per heavy atom. The molecule has 0 aromatic carbocycles. The van der Waals surface area contributed by atoms with Crippen molar-refractivity contribution in [3.63, 3.8) is 0 Å². The van der Waals surface area contributed by atoms with Crippen molar-refractivity contribution in [3.05, 3.63) is 10.2 Å². The van der Waals surface area contributed by atoms with Crippen LogP contribution in [0.5, 0.6) is 0 Å². The zero-order valence-electron chi connectivity index (χ0n) is 20.1. The van der Waals surface area contributed by atoms with Crippen LogP contribution in [0, 0.1) is 0 Å². The van der Waals surface area contributed by atoms with Gasteiger partial charge in [-0.2, -0.15) is 0 Å². The summed E-state index contributed by atoms with van der Waals surface area (Å²) in [6, 6.07) is 0. The molecular formula is C25H52O2Sn. The van der Waals surface area contributed by atoms with Crippen molar-refractivity contribution in [1.29, 1.82) is 0 Å². The van der Waals surface area contributed by atoms with Crippen LogP contribution in [0.3, 0.4) is 0 Å². The van der Waals surface area contributed by atoms with Crippen LogP contribution in [0.4, 0.5) is 0 Å². The van der Waals surface area contributed by atoms with Crippen LogP contribution in [0.25, 0.3) is 0 Å². The van der Waals surface area contributed by atoms with Gasteiger partial charge in [0.2, 0.25) is 0 Å². The summed E-state index contributed by atoms with van der Waals surface area (Å²) in [5.41, 5.74) is 0. The monoisotopic (exact) mass is 504 g/mol. The third-order valence-corrected chi connectivity index (χ3v) is 22.3. The molecule has 0 fully saturated rings. The standard InChI is InChI=1S/C13H25O2.3C4H9.Sn/c1-4-6-7-8-9-10-11-13(5-2)15-12-14-3;3*1-3-4-2;/h13H,2,4,6-12H2,1,3H3;3*1,3-4H2,2H3;. The van der Waals surface area contributed by atoms with Gasteiger partial charge in [0, 0.05) is 0 Å². The third-order valence-electron chi connectivity index (χ3n) is 6.30. The van der Waals surface area contributed by atoms with Gasteiger partial charge in [-0.3, -0.25) is 0 Å². The fourth-order valence-corrected chi connectivity index (χ4v) is 20.7. The van der Waals surface area contributed by atoms with Crippen LogP contribution >= 0.6 is 0 Å². The molecule has 0 aromatic heterocycles. The van der Waals surface area contributed by atoms with Gasteiger partial charge in [0.25, 0.3) is 0 Å². The normalized spacial score (nSPS) is 13.0. The van der Waals surface area contributed by atoms with E-state index in [0.717, 1.165) is 6.42 Å². The molecule has 0 N–H and O–H groups in total. The fourth-order valence-electron chi connectivity index (χ4n) is 4.36. The van der Waals surface area contributed by atoms with E-state index in [1.807, 2.05) is 0 Å². The summed E-state index contributed by atoms with van der Waals surface area (Å²) in [4.78, 5) is 0. The number of hydrogen-bond donors (Lipinski definition) is 0. The van der Waals surface area contributed by atoms with E-state index in [1.165, 1.54) is 90.4 Å². The van der Waals surface area contributed by atoms with Crippen LogP contribution in [-0.4, -0.2) is 38.4 Å². The van der Waals surface area contributed by atoms with E-state index in [-0.39, 0.29) is 6.10 Å². The Morgan fingerprint density at radius 3 is 1.64 bits per heavy atom. The molecule has 0 spiro atoms. The first kappa shape index (κ1) is 28.5. The van der Waals surface area contributed by atoms with Gasteiger partial charge < -0.3 is 0 Å². The predicted molar refractivity (Wildman–Crippen MR) is 129 cm³/mol. The molecule has 2 nitrogen and oxygen atoms in total. The van der Waals surface area contributed by atoms with E-state index in [2.05, 4.69) is 27.7 Å². The molecule has 0 amide bonds. The van der Waals surface area contributed by atoms with Gasteiger partial charge in [0.05, 0.1) is 0 Å². The average Bonchev–Trinajstić information content (AvgIpc) is 2.72. The van der Waals surface area contributed by atoms with Crippen molar-refractivity contribution in [2.24, 2.45) is 0 Å². The Morgan fingerprint density at radius 1 is 0.714 bits per heavy atom. The molecule has 28 heavy (non-hydrogen) atoms. The molecule has 168 valence electrons. The van der Waals surface area contributed by atoms with Gasteiger partial charge in [-0.15, -0.1) is 0 Å². The number of methoxy groups -OCH3 is 1. The summed E-state index contributed by atoms with van der Waals surface area (Å²) < 4.78 is 17.6. The van der Waals surface area contributed by atoms with Gasteiger partial charge in [-0.25, -0.2) is 0 Å². The third kappa shape index (κ3) is 12.2. The van der Waals surface area contributed by atoms with E-state index < -0.39 is 18.4 Å². The van der Waals surface area contributed by atoms with Gasteiger partial charge in [-0.1, -0.05) is 0 Å². The van der Waals surface area contributed by atoms with E-state index in [4.69, 9.17) is 16.1 Å². The van der Waals surface area contributed by atoms with Gasteiger partial charge in [-0.05, 0) is 0 Å². The summed E-state index contributed by atoms with van der Waals surface area (Å²) in [7, 11) is 1.74. The summed E-state index contributed by atoms with van der Waals surface area (Å²) in [6.07, 6.45) is 17.5. The Labute approximate surface area is 182 Å². The van der Waals surface area contributed by atoms with Crippen LogP contribution in [0.15, 0.2) is 10.2 Å². The minimum absolute atomic E-state index is 0.243. The van der Waals surface area contributed by atoms with Crippen LogP contribution in [0.1, 0.15) is 111 Å². The first-order valence-electron chi connectivity index (χ1n) is 12.4. The maximum absolute atomic E-state index is 6.26. The summed E-state index contributed by atoms with van der Waals surface area (Å²) >= 11 is -2.44. The predicted octanol–water partition coefficient (Wildman–Crippen LogP) is 8.67. The Hall–Kier alpha value is 0.459. The molecule has 0 aliphatic carbocycles. The molecule has 0 heterocycles. The Bertz CT molecular complexity index is 335. The molecule has 1 unspecified atom stereocenters. The van der Waals surface area contributed by atoms with E-state index in [1.54, 1.807) is 10.7 Å². The molecule has 0 aliphatic rings. The molecule has 0 rings (SSSR count). The quantitative estimate of drug-likeness (QED) is 0.0887. The summed E-state index contributed by atoms with van der Waals surface area (Å²) in [6.45, 7) is 14.5. The molecule has 1 atom stereocenters. The summed E-state index contributed by atoms with van der Waals surface area (Å²) in [5, 5.41) is 0. The second kappa shape index (κ2) is 19.4. The fraction of sp³-hybridized carbons (Fsp3) is 0.920. The van der Waals surface area contributed by atoms with E-state index >= 15 is 0 Å². The minimum atomic E-state index is -2.44. The first-order chi connectivity index (χ1) is 13.6. The zero-order valence-corrected chi connectivity index (χ0v) is 23.0.